The van der Waals surface area contributed by atoms with Gasteiger partial charge in [0.25, 0.3) is 0 Å². The van der Waals surface area contributed by atoms with Gasteiger partial charge in [-0.15, -0.1) is 0 Å². The van der Waals surface area contributed by atoms with E-state index in [4.69, 9.17) is 0 Å². The molecule has 3 rings (SSSR count). The molecule has 0 radical (unpaired) electrons. The lowest BCUT2D eigenvalue weighted by molar-refractivity contribution is -0.123. The van der Waals surface area contributed by atoms with Crippen LogP contribution in [-0.4, -0.2) is 16.5 Å². The van der Waals surface area contributed by atoms with Crippen molar-refractivity contribution in [1.82, 2.24) is 15.2 Å². The fraction of sp³-hybridized carbons (Fsp3) is 0.312. The van der Waals surface area contributed by atoms with E-state index in [2.05, 4.69) is 22.8 Å². The zero-order valence-corrected chi connectivity index (χ0v) is 11.6. The lowest BCUT2D eigenvalue weighted by atomic mass is 9.95. The molecule has 0 fully saturated rings. The summed E-state index contributed by atoms with van der Waals surface area (Å²) in [6.07, 6.45) is 2.74. The first-order chi connectivity index (χ1) is 9.74. The third-order valence-corrected chi connectivity index (χ3v) is 3.89. The highest BCUT2D eigenvalue weighted by molar-refractivity contribution is 5.82. The van der Waals surface area contributed by atoms with E-state index in [1.54, 1.807) is 0 Å². The number of benzene rings is 1. The van der Waals surface area contributed by atoms with Gasteiger partial charge in [-0.1, -0.05) is 24.3 Å². The van der Waals surface area contributed by atoms with E-state index in [-0.39, 0.29) is 11.9 Å². The van der Waals surface area contributed by atoms with Gasteiger partial charge >= 0.3 is 0 Å². The summed E-state index contributed by atoms with van der Waals surface area (Å²) in [6.45, 7) is 1.33. The van der Waals surface area contributed by atoms with Gasteiger partial charge in [0.05, 0.1) is 12.6 Å². The summed E-state index contributed by atoms with van der Waals surface area (Å²) < 4.78 is 2.02. The second-order valence-corrected chi connectivity index (χ2v) is 5.23. The normalized spacial score (nSPS) is 17.6. The number of aryl methyl sites for hydroxylation is 1. The molecule has 1 amide bonds. The molecule has 4 heteroatoms. The van der Waals surface area contributed by atoms with Crippen LogP contribution in [0.4, 0.5) is 0 Å². The number of nitrogens with zero attached hydrogens (tertiary/aromatic N) is 1. The van der Waals surface area contributed by atoms with Crippen LogP contribution in [0.5, 0.6) is 0 Å². The summed E-state index contributed by atoms with van der Waals surface area (Å²) in [6, 6.07) is 12.2. The summed E-state index contributed by atoms with van der Waals surface area (Å²) in [5.74, 6) is 0.0701. The molecule has 1 aliphatic rings. The van der Waals surface area contributed by atoms with Crippen LogP contribution in [0.25, 0.3) is 0 Å². The molecule has 0 aliphatic carbocycles. The van der Waals surface area contributed by atoms with Crippen LogP contribution in [0.1, 0.15) is 16.8 Å². The molecule has 0 bridgehead atoms. The molecule has 1 aliphatic heterocycles. The average molecular weight is 269 g/mol. The van der Waals surface area contributed by atoms with E-state index < -0.39 is 0 Å². The summed E-state index contributed by atoms with van der Waals surface area (Å²) in [5, 5.41) is 6.31. The van der Waals surface area contributed by atoms with Crippen LogP contribution in [0.2, 0.25) is 0 Å². The quantitative estimate of drug-likeness (QED) is 0.883. The number of fused-ring (bicyclic) bond motifs is 1. The molecule has 2 heterocycles. The first-order valence-electron chi connectivity index (χ1n) is 6.92. The van der Waals surface area contributed by atoms with Gasteiger partial charge in [0.2, 0.25) is 5.91 Å². The number of carbonyl (C=O) groups is 1. The number of nitrogens with one attached hydrogen (secondary N) is 2. The number of hydrogen-bond acceptors (Lipinski definition) is 2. The van der Waals surface area contributed by atoms with Crippen LogP contribution in [0.3, 0.4) is 0 Å². The molecular weight excluding hydrogens is 250 g/mol. The predicted octanol–water partition coefficient (Wildman–Crippen LogP) is 1.36. The van der Waals surface area contributed by atoms with E-state index in [0.717, 1.165) is 18.7 Å². The molecule has 20 heavy (non-hydrogen) atoms. The maximum Gasteiger partial charge on any atom is 0.237 e. The molecule has 2 aromatic rings. The SMILES string of the molecule is Cn1cccc1CNC(=O)[C@@H]1Cc2ccccc2CN1. The lowest BCUT2D eigenvalue weighted by Gasteiger charge is -2.25. The monoisotopic (exact) mass is 269 g/mol. The topological polar surface area (TPSA) is 46.1 Å². The largest absolute Gasteiger partial charge is 0.353 e. The van der Waals surface area contributed by atoms with Gasteiger partial charge in [0.15, 0.2) is 0 Å². The van der Waals surface area contributed by atoms with Crippen molar-refractivity contribution >= 4 is 5.91 Å². The van der Waals surface area contributed by atoms with Crippen molar-refractivity contribution in [1.29, 1.82) is 0 Å². The maximum atomic E-state index is 12.2. The van der Waals surface area contributed by atoms with Crippen molar-refractivity contribution in [2.45, 2.75) is 25.6 Å². The molecule has 1 aromatic heterocycles. The Labute approximate surface area is 118 Å². The van der Waals surface area contributed by atoms with Crippen LogP contribution >= 0.6 is 0 Å². The Morgan fingerprint density at radius 2 is 2.10 bits per heavy atom. The second-order valence-electron chi connectivity index (χ2n) is 5.23. The van der Waals surface area contributed by atoms with E-state index in [1.165, 1.54) is 11.1 Å². The van der Waals surface area contributed by atoms with E-state index in [1.807, 2.05) is 42.1 Å². The smallest absolute Gasteiger partial charge is 0.237 e. The first kappa shape index (κ1) is 12.9. The minimum Gasteiger partial charge on any atom is -0.353 e. The van der Waals surface area contributed by atoms with Crippen LogP contribution in [0, 0.1) is 0 Å². The third-order valence-electron chi connectivity index (χ3n) is 3.89. The Bertz CT molecular complexity index is 618. The van der Waals surface area contributed by atoms with Crippen molar-refractivity contribution in [3.63, 3.8) is 0 Å². The molecule has 0 unspecified atom stereocenters. The zero-order valence-electron chi connectivity index (χ0n) is 11.6. The van der Waals surface area contributed by atoms with Gasteiger partial charge in [-0.3, -0.25) is 4.79 Å². The molecule has 1 aromatic carbocycles. The number of hydrogen-bond donors (Lipinski definition) is 2. The second kappa shape index (κ2) is 5.51. The Hall–Kier alpha value is -2.07. The summed E-state index contributed by atoms with van der Waals surface area (Å²) in [4.78, 5) is 12.2. The first-order valence-corrected chi connectivity index (χ1v) is 6.92. The number of carbonyl (C=O) groups excluding carboxylic acids is 1. The molecule has 2 N–H and O–H groups in total. The summed E-state index contributed by atoms with van der Waals surface area (Å²) in [7, 11) is 1.98. The molecule has 104 valence electrons. The Kier molecular flexibility index (Phi) is 3.56. The Morgan fingerprint density at radius 1 is 1.30 bits per heavy atom. The van der Waals surface area contributed by atoms with Crippen molar-refractivity contribution in [3.05, 3.63) is 59.4 Å². The third kappa shape index (κ3) is 2.60. The van der Waals surface area contributed by atoms with E-state index >= 15 is 0 Å². The van der Waals surface area contributed by atoms with Crippen molar-refractivity contribution in [2.24, 2.45) is 7.05 Å². The highest BCUT2D eigenvalue weighted by Gasteiger charge is 2.23. The van der Waals surface area contributed by atoms with E-state index in [9.17, 15) is 4.79 Å². The predicted molar refractivity (Wildman–Crippen MR) is 78.0 cm³/mol. The van der Waals surface area contributed by atoms with Crippen LogP contribution in [0.15, 0.2) is 42.6 Å². The molecular formula is C16H19N3O. The molecule has 0 saturated carbocycles. The average Bonchev–Trinajstić information content (AvgIpc) is 2.89. The van der Waals surface area contributed by atoms with Gasteiger partial charge in [-0.25, -0.2) is 0 Å². The highest BCUT2D eigenvalue weighted by atomic mass is 16.2. The number of rotatable bonds is 3. The van der Waals surface area contributed by atoms with Gasteiger partial charge in [0, 0.05) is 25.5 Å². The van der Waals surface area contributed by atoms with Crippen LogP contribution in [-0.2, 0) is 31.4 Å². The molecule has 4 nitrogen and oxygen atoms in total. The minimum atomic E-state index is -0.134. The Balaban J connectivity index is 1.60. The Morgan fingerprint density at radius 3 is 2.85 bits per heavy atom. The van der Waals surface area contributed by atoms with Gasteiger partial charge in [-0.2, -0.15) is 0 Å². The van der Waals surface area contributed by atoms with Crippen molar-refractivity contribution in [2.75, 3.05) is 0 Å². The molecule has 0 spiro atoms. The molecule has 0 saturated heterocycles. The fourth-order valence-corrected chi connectivity index (χ4v) is 2.62. The maximum absolute atomic E-state index is 12.2. The zero-order chi connectivity index (χ0) is 13.9. The highest BCUT2D eigenvalue weighted by Crippen LogP contribution is 2.16. The van der Waals surface area contributed by atoms with Crippen molar-refractivity contribution in [3.8, 4) is 0 Å². The minimum absolute atomic E-state index is 0.0701. The van der Waals surface area contributed by atoms with Gasteiger partial charge < -0.3 is 15.2 Å². The lowest BCUT2D eigenvalue weighted by Crippen LogP contribution is -2.47. The van der Waals surface area contributed by atoms with Gasteiger partial charge in [-0.05, 0) is 29.7 Å². The van der Waals surface area contributed by atoms with E-state index in [0.29, 0.717) is 6.54 Å². The summed E-state index contributed by atoms with van der Waals surface area (Å²) in [5.41, 5.74) is 3.67. The van der Waals surface area contributed by atoms with Crippen LogP contribution < -0.4 is 10.6 Å². The standard InChI is InChI=1S/C16H19N3O/c1-19-8-4-7-14(19)11-18-16(20)15-9-12-5-2-3-6-13(12)10-17-15/h2-8,15,17H,9-11H2,1H3,(H,18,20)/t15-/m0/s1. The van der Waals surface area contributed by atoms with Crippen molar-refractivity contribution < 1.29 is 4.79 Å². The van der Waals surface area contributed by atoms with Gasteiger partial charge in [0.1, 0.15) is 0 Å². The summed E-state index contributed by atoms with van der Waals surface area (Å²) >= 11 is 0. The molecule has 1 atom stereocenters. The fourth-order valence-electron chi connectivity index (χ4n) is 2.62. The number of amides is 1. The number of aromatic nitrogens is 1.